The van der Waals surface area contributed by atoms with Crippen molar-refractivity contribution < 1.29 is 14.4 Å². The molecule has 1 amide bonds. The number of benzene rings is 1. The molecule has 1 aliphatic carbocycles. The Kier molecular flexibility index (Phi) is 8.89. The summed E-state index contributed by atoms with van der Waals surface area (Å²) in [5, 5.41) is 11.8. The third-order valence-corrected chi connectivity index (χ3v) is 8.00. The van der Waals surface area contributed by atoms with Gasteiger partial charge in [-0.25, -0.2) is 15.0 Å². The van der Waals surface area contributed by atoms with Crippen molar-refractivity contribution >= 4 is 34.6 Å². The molecule has 9 nitrogen and oxygen atoms in total. The highest BCUT2D eigenvalue weighted by atomic mass is 16.2. The average Bonchev–Trinajstić information content (AvgIpc) is 3.41. The van der Waals surface area contributed by atoms with E-state index in [-0.39, 0.29) is 18.2 Å². The first kappa shape index (κ1) is 27.2. The Morgan fingerprint density at radius 3 is 2.68 bits per heavy atom. The van der Waals surface area contributed by atoms with Crippen molar-refractivity contribution in [2.45, 2.75) is 69.5 Å². The van der Waals surface area contributed by atoms with Crippen LogP contribution in [0.3, 0.4) is 0 Å². The molecule has 200 valence electrons. The minimum Gasteiger partial charge on any atom is -0.383 e. The van der Waals surface area contributed by atoms with Gasteiger partial charge in [0.25, 0.3) is 0 Å². The summed E-state index contributed by atoms with van der Waals surface area (Å²) in [5.74, 6) is 0.444. The fraction of sp³-hybridized carbons (Fsp3) is 0.571. The molecule has 1 aliphatic heterocycles. The van der Waals surface area contributed by atoms with E-state index in [2.05, 4.69) is 15.6 Å². The number of pyridine rings is 1. The molecule has 1 saturated heterocycles. The highest BCUT2D eigenvalue weighted by Crippen LogP contribution is 2.32. The number of rotatable bonds is 11. The summed E-state index contributed by atoms with van der Waals surface area (Å²) >= 11 is 0. The SMILES string of the molecule is CN(C)N(CC=O)[C@H](CC1CCCCC1)C(=O)[C@@]1(C(=O)NCc2ccc3c(N)nccc3c2)CCCN1. The van der Waals surface area contributed by atoms with Crippen LogP contribution in [0.5, 0.6) is 0 Å². The summed E-state index contributed by atoms with van der Waals surface area (Å²) in [6, 6.07) is 7.15. The summed E-state index contributed by atoms with van der Waals surface area (Å²) in [5.41, 5.74) is 5.58. The lowest BCUT2D eigenvalue weighted by Gasteiger charge is -2.40. The number of anilines is 1. The predicted octanol–water partition coefficient (Wildman–Crippen LogP) is 2.44. The van der Waals surface area contributed by atoms with E-state index in [4.69, 9.17) is 5.73 Å². The van der Waals surface area contributed by atoms with E-state index in [1.807, 2.05) is 48.4 Å². The van der Waals surface area contributed by atoms with Crippen LogP contribution >= 0.6 is 0 Å². The van der Waals surface area contributed by atoms with Crippen LogP contribution in [-0.2, 0) is 20.9 Å². The number of hydrazine groups is 1. The number of carbonyl (C=O) groups excluding carboxylic acids is 3. The molecule has 0 radical (unpaired) electrons. The second-order valence-electron chi connectivity index (χ2n) is 10.6. The van der Waals surface area contributed by atoms with Gasteiger partial charge in [0.05, 0.1) is 12.6 Å². The van der Waals surface area contributed by atoms with E-state index in [9.17, 15) is 14.4 Å². The van der Waals surface area contributed by atoms with Crippen LogP contribution < -0.4 is 16.4 Å². The summed E-state index contributed by atoms with van der Waals surface area (Å²) < 4.78 is 0. The number of nitrogens with one attached hydrogen (secondary N) is 2. The molecule has 2 fully saturated rings. The van der Waals surface area contributed by atoms with Crippen LogP contribution in [0.1, 0.15) is 56.9 Å². The van der Waals surface area contributed by atoms with E-state index in [1.165, 1.54) is 19.3 Å². The molecule has 4 rings (SSSR count). The van der Waals surface area contributed by atoms with Crippen LogP contribution in [0.4, 0.5) is 5.82 Å². The Balaban J connectivity index is 1.56. The van der Waals surface area contributed by atoms with E-state index < -0.39 is 11.6 Å². The maximum Gasteiger partial charge on any atom is 0.248 e. The fourth-order valence-corrected chi connectivity index (χ4v) is 5.99. The Hall–Kier alpha value is -2.88. The summed E-state index contributed by atoms with van der Waals surface area (Å²) in [7, 11) is 3.70. The second kappa shape index (κ2) is 12.1. The van der Waals surface area contributed by atoms with Gasteiger partial charge in [0.1, 0.15) is 12.1 Å². The van der Waals surface area contributed by atoms with Gasteiger partial charge in [-0.05, 0) is 54.8 Å². The first-order valence-corrected chi connectivity index (χ1v) is 13.4. The number of Topliss-reactive ketones (excluding diaryl/α,β-unsaturated/α-hetero) is 1. The molecule has 2 heterocycles. The predicted molar refractivity (Wildman–Crippen MR) is 144 cm³/mol. The summed E-state index contributed by atoms with van der Waals surface area (Å²) in [6.45, 7) is 1.02. The molecular formula is C28H40N6O3. The van der Waals surface area contributed by atoms with Gasteiger partial charge < -0.3 is 15.8 Å². The molecule has 2 aromatic rings. The zero-order chi connectivity index (χ0) is 26.4. The highest BCUT2D eigenvalue weighted by molar-refractivity contribution is 6.13. The van der Waals surface area contributed by atoms with Gasteiger partial charge in [0.2, 0.25) is 5.91 Å². The Morgan fingerprint density at radius 1 is 1.22 bits per heavy atom. The fourth-order valence-electron chi connectivity index (χ4n) is 5.99. The monoisotopic (exact) mass is 508 g/mol. The van der Waals surface area contributed by atoms with E-state index in [1.54, 1.807) is 6.20 Å². The van der Waals surface area contributed by atoms with Gasteiger partial charge in [-0.15, -0.1) is 0 Å². The number of aromatic nitrogens is 1. The highest BCUT2D eigenvalue weighted by Gasteiger charge is 2.51. The number of nitrogen functional groups attached to an aromatic ring is 1. The Labute approximate surface area is 219 Å². The lowest BCUT2D eigenvalue weighted by atomic mass is 9.79. The van der Waals surface area contributed by atoms with Gasteiger partial charge in [-0.2, -0.15) is 0 Å². The minimum atomic E-state index is -1.30. The van der Waals surface area contributed by atoms with Crippen LogP contribution in [0.25, 0.3) is 10.8 Å². The van der Waals surface area contributed by atoms with Crippen molar-refractivity contribution in [1.82, 2.24) is 25.6 Å². The van der Waals surface area contributed by atoms with Crippen LogP contribution in [0, 0.1) is 5.92 Å². The Morgan fingerprint density at radius 2 is 2.00 bits per heavy atom. The van der Waals surface area contributed by atoms with Crippen LogP contribution in [-0.4, -0.2) is 71.7 Å². The Bertz CT molecular complexity index is 1110. The average molecular weight is 509 g/mol. The normalized spacial score (nSPS) is 21.4. The molecule has 37 heavy (non-hydrogen) atoms. The smallest absolute Gasteiger partial charge is 0.248 e. The maximum atomic E-state index is 14.3. The van der Waals surface area contributed by atoms with Gasteiger partial charge in [0, 0.05) is 32.2 Å². The van der Waals surface area contributed by atoms with E-state index in [0.717, 1.165) is 41.9 Å². The molecule has 0 spiro atoms. The second-order valence-corrected chi connectivity index (χ2v) is 10.6. The number of hydrogen-bond acceptors (Lipinski definition) is 8. The van der Waals surface area contributed by atoms with Crippen molar-refractivity contribution in [3.63, 3.8) is 0 Å². The first-order valence-electron chi connectivity index (χ1n) is 13.4. The standard InChI is InChI=1S/C28H40N6O3/c1-33(2)34(15-16-35)24(18-20-7-4-3-5-8-20)25(36)28(12-6-13-32-28)27(37)31-19-21-9-10-23-22(17-21)11-14-30-26(23)29/h9-11,14,16-17,20,24,32H,3-8,12-13,15,18-19H2,1-2H3,(H2,29,30)(H,31,37)/t24-,28-/m1/s1. The largest absolute Gasteiger partial charge is 0.383 e. The van der Waals surface area contributed by atoms with Crippen molar-refractivity contribution in [1.29, 1.82) is 0 Å². The van der Waals surface area contributed by atoms with Crippen LogP contribution in [0.15, 0.2) is 30.5 Å². The number of nitrogens with two attached hydrogens (primary N) is 1. The molecule has 1 aromatic heterocycles. The van der Waals surface area contributed by atoms with Gasteiger partial charge in [-0.3, -0.25) is 14.9 Å². The molecule has 0 unspecified atom stereocenters. The zero-order valence-corrected chi connectivity index (χ0v) is 22.0. The molecular weight excluding hydrogens is 468 g/mol. The molecule has 4 N–H and O–H groups in total. The summed E-state index contributed by atoms with van der Waals surface area (Å²) in [6.07, 6.45) is 10.1. The van der Waals surface area contributed by atoms with Crippen molar-refractivity contribution in [3.8, 4) is 0 Å². The third kappa shape index (κ3) is 6.00. The molecule has 2 aliphatic rings. The quantitative estimate of drug-likeness (QED) is 0.240. The third-order valence-electron chi connectivity index (χ3n) is 8.00. The molecule has 0 bridgehead atoms. The number of ketones is 1. The number of aldehydes is 1. The lowest BCUT2D eigenvalue weighted by molar-refractivity contribution is -0.146. The number of carbonyl (C=O) groups is 3. The molecule has 9 heteroatoms. The first-order chi connectivity index (χ1) is 17.9. The van der Waals surface area contributed by atoms with Crippen molar-refractivity contribution in [3.05, 3.63) is 36.0 Å². The maximum absolute atomic E-state index is 14.3. The number of amides is 1. The van der Waals surface area contributed by atoms with Crippen molar-refractivity contribution in [2.24, 2.45) is 5.92 Å². The minimum absolute atomic E-state index is 0.114. The molecule has 1 aromatic carbocycles. The van der Waals surface area contributed by atoms with E-state index in [0.29, 0.717) is 37.7 Å². The van der Waals surface area contributed by atoms with Crippen LogP contribution in [0.2, 0.25) is 0 Å². The van der Waals surface area contributed by atoms with Gasteiger partial charge in [0.15, 0.2) is 11.3 Å². The van der Waals surface area contributed by atoms with E-state index >= 15 is 0 Å². The number of hydrogen-bond donors (Lipinski definition) is 3. The lowest BCUT2D eigenvalue weighted by Crippen LogP contribution is -2.65. The number of fused-ring (bicyclic) bond motifs is 1. The van der Waals surface area contributed by atoms with Crippen molar-refractivity contribution in [2.75, 3.05) is 32.9 Å². The molecule has 2 atom stereocenters. The number of nitrogens with zero attached hydrogens (tertiary/aromatic N) is 3. The summed E-state index contributed by atoms with van der Waals surface area (Å²) in [4.78, 5) is 43.7. The zero-order valence-electron chi connectivity index (χ0n) is 22.0. The molecule has 1 saturated carbocycles. The topological polar surface area (TPSA) is 121 Å². The van der Waals surface area contributed by atoms with Gasteiger partial charge in [-0.1, -0.05) is 44.2 Å². The van der Waals surface area contributed by atoms with Gasteiger partial charge >= 0.3 is 0 Å².